The van der Waals surface area contributed by atoms with Crippen LogP contribution in [0.15, 0.2) is 24.3 Å². The molecule has 1 fully saturated rings. The van der Waals surface area contributed by atoms with E-state index >= 15 is 0 Å². The SMILES string of the molecule is CNCC1(CN(C)Cc2ccccc2Cl)CCCCCC1. The van der Waals surface area contributed by atoms with Gasteiger partial charge in [-0.1, -0.05) is 55.5 Å². The number of hydrogen-bond acceptors (Lipinski definition) is 2. The largest absolute Gasteiger partial charge is 0.319 e. The number of rotatable bonds is 6. The van der Waals surface area contributed by atoms with E-state index in [9.17, 15) is 0 Å². The van der Waals surface area contributed by atoms with Crippen LogP contribution in [0.25, 0.3) is 0 Å². The highest BCUT2D eigenvalue weighted by molar-refractivity contribution is 6.31. The van der Waals surface area contributed by atoms with Crippen molar-refractivity contribution < 1.29 is 0 Å². The number of hydrogen-bond donors (Lipinski definition) is 1. The van der Waals surface area contributed by atoms with Crippen LogP contribution in [0.4, 0.5) is 0 Å². The van der Waals surface area contributed by atoms with Crippen molar-refractivity contribution in [3.8, 4) is 0 Å². The molecule has 0 spiro atoms. The Balaban J connectivity index is 2.00. The fourth-order valence-electron chi connectivity index (χ4n) is 3.79. The topological polar surface area (TPSA) is 15.3 Å². The van der Waals surface area contributed by atoms with Gasteiger partial charge in [0.1, 0.15) is 0 Å². The first-order valence-corrected chi connectivity index (χ1v) is 8.60. The number of benzene rings is 1. The minimum Gasteiger partial charge on any atom is -0.319 e. The monoisotopic (exact) mass is 308 g/mol. The molecule has 0 atom stereocenters. The summed E-state index contributed by atoms with van der Waals surface area (Å²) >= 11 is 6.29. The average Bonchev–Trinajstić information content (AvgIpc) is 2.67. The average molecular weight is 309 g/mol. The van der Waals surface area contributed by atoms with Gasteiger partial charge in [0, 0.05) is 24.7 Å². The Hall–Kier alpha value is -0.570. The van der Waals surface area contributed by atoms with E-state index in [0.29, 0.717) is 5.41 Å². The van der Waals surface area contributed by atoms with Gasteiger partial charge in [0.15, 0.2) is 0 Å². The molecule has 0 aliphatic heterocycles. The van der Waals surface area contributed by atoms with Crippen LogP contribution in [0.3, 0.4) is 0 Å². The van der Waals surface area contributed by atoms with E-state index in [1.165, 1.54) is 44.1 Å². The zero-order valence-electron chi connectivity index (χ0n) is 13.5. The summed E-state index contributed by atoms with van der Waals surface area (Å²) in [5.41, 5.74) is 1.66. The summed E-state index contributed by atoms with van der Waals surface area (Å²) in [7, 11) is 4.31. The van der Waals surface area contributed by atoms with Gasteiger partial charge in [0.2, 0.25) is 0 Å². The van der Waals surface area contributed by atoms with Gasteiger partial charge in [-0.2, -0.15) is 0 Å². The molecule has 1 aliphatic carbocycles. The van der Waals surface area contributed by atoms with Gasteiger partial charge < -0.3 is 10.2 Å². The van der Waals surface area contributed by atoms with Crippen molar-refractivity contribution in [2.45, 2.75) is 45.1 Å². The Bertz CT molecular complexity index is 425. The van der Waals surface area contributed by atoms with E-state index in [1.807, 2.05) is 12.1 Å². The Labute approximate surface area is 134 Å². The minimum absolute atomic E-state index is 0.432. The van der Waals surface area contributed by atoms with Gasteiger partial charge >= 0.3 is 0 Å². The molecule has 0 amide bonds. The molecule has 0 bridgehead atoms. The Morgan fingerprint density at radius 3 is 2.43 bits per heavy atom. The Morgan fingerprint density at radius 2 is 1.81 bits per heavy atom. The quantitative estimate of drug-likeness (QED) is 0.787. The maximum Gasteiger partial charge on any atom is 0.0451 e. The molecule has 0 saturated heterocycles. The molecule has 1 N–H and O–H groups in total. The number of nitrogens with one attached hydrogen (secondary N) is 1. The molecular weight excluding hydrogens is 280 g/mol. The van der Waals surface area contributed by atoms with E-state index in [0.717, 1.165) is 24.7 Å². The molecule has 2 nitrogen and oxygen atoms in total. The molecule has 0 unspecified atom stereocenters. The lowest BCUT2D eigenvalue weighted by Gasteiger charge is -2.37. The third-order valence-corrected chi connectivity index (χ3v) is 5.09. The minimum atomic E-state index is 0.432. The van der Waals surface area contributed by atoms with E-state index in [4.69, 9.17) is 11.6 Å². The van der Waals surface area contributed by atoms with Crippen molar-refractivity contribution in [1.29, 1.82) is 0 Å². The molecule has 1 saturated carbocycles. The summed E-state index contributed by atoms with van der Waals surface area (Å²) in [6.07, 6.45) is 8.25. The van der Waals surface area contributed by atoms with Crippen LogP contribution in [0.1, 0.15) is 44.1 Å². The van der Waals surface area contributed by atoms with Gasteiger partial charge in [0.05, 0.1) is 0 Å². The molecule has 0 aromatic heterocycles. The zero-order chi connectivity index (χ0) is 15.1. The van der Waals surface area contributed by atoms with E-state index in [1.54, 1.807) is 0 Å². The summed E-state index contributed by atoms with van der Waals surface area (Å²) < 4.78 is 0. The summed E-state index contributed by atoms with van der Waals surface area (Å²) in [6, 6.07) is 8.19. The molecule has 2 rings (SSSR count). The molecule has 3 heteroatoms. The van der Waals surface area contributed by atoms with Crippen LogP contribution >= 0.6 is 11.6 Å². The van der Waals surface area contributed by atoms with Crippen molar-refractivity contribution in [3.63, 3.8) is 0 Å². The predicted octanol–water partition coefficient (Wildman–Crippen LogP) is 4.33. The van der Waals surface area contributed by atoms with Crippen molar-refractivity contribution >= 4 is 11.6 Å². The van der Waals surface area contributed by atoms with Gasteiger partial charge in [-0.25, -0.2) is 0 Å². The van der Waals surface area contributed by atoms with Crippen LogP contribution in [0.2, 0.25) is 5.02 Å². The second-order valence-corrected chi connectivity index (χ2v) is 7.12. The molecule has 1 aromatic rings. The van der Waals surface area contributed by atoms with Crippen molar-refractivity contribution in [2.24, 2.45) is 5.41 Å². The van der Waals surface area contributed by atoms with Crippen molar-refractivity contribution in [2.75, 3.05) is 27.2 Å². The summed E-state index contributed by atoms with van der Waals surface area (Å²) in [6.45, 7) is 3.21. The molecule has 0 heterocycles. The lowest BCUT2D eigenvalue weighted by atomic mass is 9.79. The van der Waals surface area contributed by atoms with Gasteiger partial charge in [0.25, 0.3) is 0 Å². The van der Waals surface area contributed by atoms with Crippen LogP contribution in [0.5, 0.6) is 0 Å². The normalized spacial score (nSPS) is 18.7. The zero-order valence-corrected chi connectivity index (χ0v) is 14.3. The molecule has 1 aromatic carbocycles. The molecule has 1 aliphatic rings. The van der Waals surface area contributed by atoms with Crippen molar-refractivity contribution in [1.82, 2.24) is 10.2 Å². The van der Waals surface area contributed by atoms with E-state index < -0.39 is 0 Å². The van der Waals surface area contributed by atoms with Crippen LogP contribution in [-0.2, 0) is 6.54 Å². The molecule has 21 heavy (non-hydrogen) atoms. The molecule has 118 valence electrons. The molecular formula is C18H29ClN2. The van der Waals surface area contributed by atoms with E-state index in [-0.39, 0.29) is 0 Å². The first-order chi connectivity index (χ1) is 10.2. The third kappa shape index (κ3) is 4.98. The van der Waals surface area contributed by atoms with Gasteiger partial charge in [-0.05, 0) is 44.0 Å². The highest BCUT2D eigenvalue weighted by Gasteiger charge is 2.31. The van der Waals surface area contributed by atoms with Gasteiger partial charge in [-0.15, -0.1) is 0 Å². The van der Waals surface area contributed by atoms with Crippen LogP contribution in [-0.4, -0.2) is 32.1 Å². The second-order valence-electron chi connectivity index (χ2n) is 6.71. The summed E-state index contributed by atoms with van der Waals surface area (Å²) in [5.74, 6) is 0. The smallest absolute Gasteiger partial charge is 0.0451 e. The highest BCUT2D eigenvalue weighted by atomic mass is 35.5. The predicted molar refractivity (Wildman–Crippen MR) is 91.8 cm³/mol. The standard InChI is InChI=1S/C18H29ClN2/c1-20-14-18(11-7-3-4-8-12-18)15-21(2)13-16-9-5-6-10-17(16)19/h5-6,9-10,20H,3-4,7-8,11-15H2,1-2H3. The maximum atomic E-state index is 6.29. The fourth-order valence-corrected chi connectivity index (χ4v) is 3.99. The molecule has 0 radical (unpaired) electrons. The summed E-state index contributed by atoms with van der Waals surface area (Å²) in [4.78, 5) is 2.45. The number of halogens is 1. The summed E-state index contributed by atoms with van der Waals surface area (Å²) in [5, 5.41) is 4.32. The Morgan fingerprint density at radius 1 is 1.14 bits per heavy atom. The Kier molecular flexibility index (Phi) is 6.53. The van der Waals surface area contributed by atoms with Crippen LogP contribution < -0.4 is 5.32 Å². The lowest BCUT2D eigenvalue weighted by Crippen LogP contribution is -2.41. The first-order valence-electron chi connectivity index (χ1n) is 8.22. The lowest BCUT2D eigenvalue weighted by molar-refractivity contribution is 0.144. The third-order valence-electron chi connectivity index (χ3n) is 4.72. The highest BCUT2D eigenvalue weighted by Crippen LogP contribution is 2.35. The van der Waals surface area contributed by atoms with Crippen molar-refractivity contribution in [3.05, 3.63) is 34.9 Å². The van der Waals surface area contributed by atoms with E-state index in [2.05, 4.69) is 36.4 Å². The fraction of sp³-hybridized carbons (Fsp3) is 0.667. The first kappa shape index (κ1) is 16.8. The van der Waals surface area contributed by atoms with Gasteiger partial charge in [-0.3, -0.25) is 0 Å². The van der Waals surface area contributed by atoms with Crippen LogP contribution in [0, 0.1) is 5.41 Å². The second kappa shape index (κ2) is 8.17. The maximum absolute atomic E-state index is 6.29. The number of nitrogens with zero attached hydrogens (tertiary/aromatic N) is 1.